The minimum atomic E-state index is -2.57. The number of ether oxygens (including phenoxy) is 3. The number of H-pyrrole nitrogens is 1. The van der Waals surface area contributed by atoms with Crippen LogP contribution < -0.4 is 14.8 Å². The van der Waals surface area contributed by atoms with Crippen LogP contribution >= 0.6 is 0 Å². The number of benzene rings is 2. The number of carbonyl (C=O) groups is 1. The Balaban J connectivity index is 1.90. The van der Waals surface area contributed by atoms with Gasteiger partial charge in [0.1, 0.15) is 23.4 Å². The average molecular weight is 448 g/mol. The number of rotatable bonds is 9. The molecule has 0 radical (unpaired) electrons. The Morgan fingerprint density at radius 2 is 2.03 bits per heavy atom. The molecule has 3 aromatic rings. The predicted molar refractivity (Wildman–Crippen MR) is 109 cm³/mol. The first-order chi connectivity index (χ1) is 14.9. The second-order valence-electron chi connectivity index (χ2n) is 6.43. The molecule has 0 fully saturated rings. The molecule has 2 N–H and O–H groups in total. The summed E-state index contributed by atoms with van der Waals surface area (Å²) in [6.45, 7) is 2.09. The van der Waals surface area contributed by atoms with Crippen LogP contribution in [-0.4, -0.2) is 44.7 Å². The zero-order valence-electron chi connectivity index (χ0n) is 16.6. The van der Waals surface area contributed by atoms with E-state index in [9.17, 15) is 17.9 Å². The maximum Gasteiger partial charge on any atom is 0.257 e. The van der Waals surface area contributed by atoms with Crippen LogP contribution in [0.25, 0.3) is 0 Å². The van der Waals surface area contributed by atoms with Crippen LogP contribution in [0.3, 0.4) is 0 Å². The van der Waals surface area contributed by atoms with Crippen LogP contribution in [-0.2, 0) is 15.8 Å². The number of nitrogens with one attached hydrogen (secondary N) is 2. The molecule has 0 saturated heterocycles. The van der Waals surface area contributed by atoms with Crippen molar-refractivity contribution in [1.82, 2.24) is 10.2 Å². The van der Waals surface area contributed by atoms with Gasteiger partial charge in [0.25, 0.3) is 5.91 Å². The van der Waals surface area contributed by atoms with Gasteiger partial charge in [-0.3, -0.25) is 14.1 Å². The molecule has 3 rings (SSSR count). The van der Waals surface area contributed by atoms with Crippen molar-refractivity contribution in [3.05, 3.63) is 60.0 Å². The van der Waals surface area contributed by atoms with Crippen LogP contribution in [0, 0.1) is 5.82 Å². The summed E-state index contributed by atoms with van der Waals surface area (Å²) in [5.74, 6) is -0.753. The summed E-state index contributed by atoms with van der Waals surface area (Å²) in [5.41, 5.74) is 0.185. The summed E-state index contributed by atoms with van der Waals surface area (Å²) >= 11 is -2.57. The molecule has 11 heteroatoms. The molecule has 164 valence electrons. The number of halogens is 1. The largest absolute Gasteiger partial charge is 0.768 e. The number of anilines is 1. The lowest BCUT2D eigenvalue weighted by atomic mass is 10.2. The molecule has 1 aromatic heterocycles. The third-order valence-corrected chi connectivity index (χ3v) is 4.59. The molecular formula is C20H19FN3O6S-. The van der Waals surface area contributed by atoms with E-state index in [0.29, 0.717) is 18.2 Å². The third-order valence-electron chi connectivity index (χ3n) is 3.95. The van der Waals surface area contributed by atoms with Gasteiger partial charge in [0.15, 0.2) is 11.6 Å². The van der Waals surface area contributed by atoms with Crippen molar-refractivity contribution in [2.24, 2.45) is 0 Å². The quantitative estimate of drug-likeness (QED) is 0.481. The van der Waals surface area contributed by atoms with Gasteiger partial charge in [0.05, 0.1) is 12.8 Å². The van der Waals surface area contributed by atoms with Gasteiger partial charge in [-0.15, -0.1) is 0 Å². The van der Waals surface area contributed by atoms with E-state index >= 15 is 0 Å². The third kappa shape index (κ3) is 6.10. The van der Waals surface area contributed by atoms with Gasteiger partial charge in [0, 0.05) is 29.7 Å². The highest BCUT2D eigenvalue weighted by molar-refractivity contribution is 7.79. The molecule has 0 bridgehead atoms. The fourth-order valence-electron chi connectivity index (χ4n) is 2.65. The topological polar surface area (TPSA) is 126 Å². The van der Waals surface area contributed by atoms with Crippen molar-refractivity contribution in [2.45, 2.75) is 17.9 Å². The monoisotopic (exact) mass is 448 g/mol. The summed E-state index contributed by atoms with van der Waals surface area (Å²) in [4.78, 5) is 12.4. The number of carbonyl (C=O) groups excluding carboxylic acids is 1. The number of hydrogen-bond acceptors (Lipinski definition) is 7. The first kappa shape index (κ1) is 22.4. The Bertz CT molecular complexity index is 1080. The SMILES string of the molecule is COCC(C)Oc1cc(Oc2ccc(S(=O)[O-])cc2F)cc(C(=O)Nc2ccn[nH]2)c1. The first-order valence-electron chi connectivity index (χ1n) is 9.04. The maximum atomic E-state index is 14.3. The van der Waals surface area contributed by atoms with Crippen LogP contribution in [0.1, 0.15) is 17.3 Å². The molecule has 0 saturated carbocycles. The Labute approximate surface area is 179 Å². The minimum Gasteiger partial charge on any atom is -0.768 e. The van der Waals surface area contributed by atoms with E-state index in [4.69, 9.17) is 14.2 Å². The normalized spacial score (nSPS) is 12.8. The summed E-state index contributed by atoms with van der Waals surface area (Å²) in [5, 5.41) is 9.01. The number of nitrogens with zero attached hydrogens (tertiary/aromatic N) is 1. The molecule has 0 aliphatic rings. The Morgan fingerprint density at radius 3 is 2.68 bits per heavy atom. The second kappa shape index (κ2) is 10.2. The standard InChI is InChI=1S/C20H20FN3O6S/c1-12(11-28-2)29-14-7-13(20(25)23-19-5-6-22-24-19)8-15(9-14)30-18-4-3-16(31(26)27)10-17(18)21/h3-10,12H,11H2,1-2H3,(H,26,27)(H2,22,23,24,25)/p-1. The Kier molecular flexibility index (Phi) is 7.34. The molecular weight excluding hydrogens is 429 g/mol. The number of aromatic amines is 1. The van der Waals surface area contributed by atoms with E-state index in [1.807, 2.05) is 0 Å². The molecule has 2 aromatic carbocycles. The summed E-state index contributed by atoms with van der Waals surface area (Å²) in [6, 6.07) is 9.19. The molecule has 0 aliphatic heterocycles. The van der Waals surface area contributed by atoms with E-state index in [1.54, 1.807) is 13.0 Å². The van der Waals surface area contributed by atoms with Gasteiger partial charge < -0.3 is 24.1 Å². The first-order valence-corrected chi connectivity index (χ1v) is 10.1. The lowest BCUT2D eigenvalue weighted by molar-refractivity contribution is 0.0915. The number of amides is 1. The second-order valence-corrected chi connectivity index (χ2v) is 7.37. The van der Waals surface area contributed by atoms with E-state index < -0.39 is 22.8 Å². The lowest BCUT2D eigenvalue weighted by Gasteiger charge is -2.16. The van der Waals surface area contributed by atoms with Crippen LogP contribution in [0.4, 0.5) is 10.2 Å². The fourth-order valence-corrected chi connectivity index (χ4v) is 3.02. The van der Waals surface area contributed by atoms with Gasteiger partial charge in [-0.25, -0.2) is 4.39 Å². The van der Waals surface area contributed by atoms with Crippen molar-refractivity contribution < 1.29 is 32.2 Å². The predicted octanol–water partition coefficient (Wildman–Crippen LogP) is 3.25. The molecule has 0 aliphatic carbocycles. The van der Waals surface area contributed by atoms with Crippen molar-refractivity contribution in [3.63, 3.8) is 0 Å². The van der Waals surface area contributed by atoms with Crippen molar-refractivity contribution in [2.75, 3.05) is 19.0 Å². The molecule has 1 amide bonds. The van der Waals surface area contributed by atoms with Gasteiger partial charge in [-0.2, -0.15) is 5.10 Å². The van der Waals surface area contributed by atoms with Crippen LogP contribution in [0.5, 0.6) is 17.2 Å². The number of methoxy groups -OCH3 is 1. The maximum absolute atomic E-state index is 14.3. The summed E-state index contributed by atoms with van der Waals surface area (Å²) in [6.07, 6.45) is 1.16. The molecule has 2 unspecified atom stereocenters. The van der Waals surface area contributed by atoms with E-state index in [1.165, 1.54) is 43.6 Å². The van der Waals surface area contributed by atoms with Crippen molar-refractivity contribution in [3.8, 4) is 17.2 Å². The van der Waals surface area contributed by atoms with Gasteiger partial charge in [-0.05, 0) is 48.3 Å². The highest BCUT2D eigenvalue weighted by Gasteiger charge is 2.15. The molecule has 9 nitrogen and oxygen atoms in total. The average Bonchev–Trinajstić information content (AvgIpc) is 3.22. The van der Waals surface area contributed by atoms with Crippen molar-refractivity contribution >= 4 is 22.8 Å². The van der Waals surface area contributed by atoms with Crippen LogP contribution in [0.15, 0.2) is 53.6 Å². The lowest BCUT2D eigenvalue weighted by Crippen LogP contribution is -2.18. The molecule has 1 heterocycles. The summed E-state index contributed by atoms with van der Waals surface area (Å²) in [7, 11) is 1.53. The van der Waals surface area contributed by atoms with Crippen LogP contribution in [0.2, 0.25) is 0 Å². The zero-order chi connectivity index (χ0) is 22.4. The molecule has 2 atom stereocenters. The zero-order valence-corrected chi connectivity index (χ0v) is 17.4. The van der Waals surface area contributed by atoms with E-state index in [2.05, 4.69) is 15.5 Å². The smallest absolute Gasteiger partial charge is 0.257 e. The Hall–Kier alpha value is -3.28. The fraction of sp³-hybridized carbons (Fsp3) is 0.200. The van der Waals surface area contributed by atoms with Gasteiger partial charge in [-0.1, -0.05) is 0 Å². The number of aromatic nitrogens is 2. The van der Waals surface area contributed by atoms with E-state index in [-0.39, 0.29) is 28.1 Å². The number of hydrogen-bond donors (Lipinski definition) is 2. The van der Waals surface area contributed by atoms with Crippen molar-refractivity contribution in [1.29, 1.82) is 0 Å². The van der Waals surface area contributed by atoms with Gasteiger partial charge in [0.2, 0.25) is 0 Å². The van der Waals surface area contributed by atoms with E-state index in [0.717, 1.165) is 6.07 Å². The minimum absolute atomic E-state index is 0.117. The molecule has 0 spiro atoms. The highest BCUT2D eigenvalue weighted by Crippen LogP contribution is 2.30. The van der Waals surface area contributed by atoms with Gasteiger partial charge >= 0.3 is 0 Å². The highest BCUT2D eigenvalue weighted by atomic mass is 32.2. The Morgan fingerprint density at radius 1 is 1.26 bits per heavy atom. The summed E-state index contributed by atoms with van der Waals surface area (Å²) < 4.78 is 52.6. The molecule has 31 heavy (non-hydrogen) atoms.